The quantitative estimate of drug-likeness (QED) is 0.880. The summed E-state index contributed by atoms with van der Waals surface area (Å²) < 4.78 is 2.02. The van der Waals surface area contributed by atoms with Gasteiger partial charge < -0.3 is 14.6 Å². The van der Waals surface area contributed by atoms with Crippen LogP contribution in [0.3, 0.4) is 0 Å². The number of aromatic nitrogens is 1. The van der Waals surface area contributed by atoms with Gasteiger partial charge in [0.1, 0.15) is 6.54 Å². The Labute approximate surface area is 124 Å². The maximum atomic E-state index is 12.1. The van der Waals surface area contributed by atoms with Crippen molar-refractivity contribution in [2.45, 2.75) is 13.5 Å². The fourth-order valence-corrected chi connectivity index (χ4v) is 2.74. The molecule has 1 aliphatic rings. The van der Waals surface area contributed by atoms with Crippen LogP contribution in [0.15, 0.2) is 27.6 Å². The molecule has 7 heteroatoms. The van der Waals surface area contributed by atoms with Crippen LogP contribution in [-0.2, 0) is 16.1 Å². The maximum absolute atomic E-state index is 12.1. The van der Waals surface area contributed by atoms with E-state index in [1.807, 2.05) is 6.92 Å². The van der Waals surface area contributed by atoms with Gasteiger partial charge >= 0.3 is 5.97 Å². The number of likely N-dealkylation sites (tertiary alicyclic amines) is 1. The molecule has 0 bridgehead atoms. The van der Waals surface area contributed by atoms with Crippen molar-refractivity contribution in [2.75, 3.05) is 13.1 Å². The lowest BCUT2D eigenvalue weighted by atomic mass is 9.99. The van der Waals surface area contributed by atoms with Crippen molar-refractivity contribution in [2.24, 2.45) is 11.8 Å². The van der Waals surface area contributed by atoms with E-state index in [4.69, 9.17) is 5.11 Å². The van der Waals surface area contributed by atoms with Gasteiger partial charge in [-0.1, -0.05) is 6.92 Å². The van der Waals surface area contributed by atoms with Crippen molar-refractivity contribution in [1.82, 2.24) is 9.47 Å². The van der Waals surface area contributed by atoms with Crippen LogP contribution in [0.1, 0.15) is 6.92 Å². The SMILES string of the molecule is CC1CN(C(=O)Cn2cc(Br)ccc2=O)CC1C(=O)O. The number of hydrogen-bond donors (Lipinski definition) is 1. The largest absolute Gasteiger partial charge is 0.481 e. The van der Waals surface area contributed by atoms with Crippen LogP contribution in [0.4, 0.5) is 0 Å². The summed E-state index contributed by atoms with van der Waals surface area (Å²) in [5.74, 6) is -1.72. The molecule has 1 saturated heterocycles. The lowest BCUT2D eigenvalue weighted by molar-refractivity contribution is -0.142. The highest BCUT2D eigenvalue weighted by Gasteiger charge is 2.36. The molecule has 2 rings (SSSR count). The first-order chi connectivity index (χ1) is 9.38. The van der Waals surface area contributed by atoms with Gasteiger partial charge in [0.2, 0.25) is 5.91 Å². The molecule has 2 unspecified atom stereocenters. The van der Waals surface area contributed by atoms with Crippen LogP contribution in [0.25, 0.3) is 0 Å². The van der Waals surface area contributed by atoms with Crippen LogP contribution in [0, 0.1) is 11.8 Å². The number of aliphatic carboxylic acids is 1. The number of nitrogens with zero attached hydrogens (tertiary/aromatic N) is 2. The molecule has 1 aromatic rings. The summed E-state index contributed by atoms with van der Waals surface area (Å²) in [6.45, 7) is 2.37. The Bertz CT molecular complexity index is 598. The molecule has 1 aliphatic heterocycles. The van der Waals surface area contributed by atoms with Gasteiger partial charge in [0.05, 0.1) is 5.92 Å². The van der Waals surface area contributed by atoms with Crippen LogP contribution >= 0.6 is 15.9 Å². The number of pyridine rings is 1. The van der Waals surface area contributed by atoms with Crippen molar-refractivity contribution in [3.8, 4) is 0 Å². The maximum Gasteiger partial charge on any atom is 0.308 e. The highest BCUT2D eigenvalue weighted by atomic mass is 79.9. The summed E-state index contributed by atoms with van der Waals surface area (Å²) in [5, 5.41) is 9.05. The van der Waals surface area contributed by atoms with Gasteiger partial charge in [0, 0.05) is 29.8 Å². The highest BCUT2D eigenvalue weighted by Crippen LogP contribution is 2.23. The number of carbonyl (C=O) groups is 2. The second-order valence-corrected chi connectivity index (χ2v) is 5.95. The van der Waals surface area contributed by atoms with Gasteiger partial charge in [-0.25, -0.2) is 0 Å². The minimum atomic E-state index is -0.882. The molecule has 1 aromatic heterocycles. The number of carbonyl (C=O) groups excluding carboxylic acids is 1. The first-order valence-electron chi connectivity index (χ1n) is 6.25. The Balaban J connectivity index is 2.08. The minimum Gasteiger partial charge on any atom is -0.481 e. The van der Waals surface area contributed by atoms with Crippen LogP contribution in [0.5, 0.6) is 0 Å². The van der Waals surface area contributed by atoms with Crippen LogP contribution in [0.2, 0.25) is 0 Å². The van der Waals surface area contributed by atoms with Crippen molar-refractivity contribution in [3.63, 3.8) is 0 Å². The molecule has 0 aliphatic carbocycles. The molecule has 20 heavy (non-hydrogen) atoms. The topological polar surface area (TPSA) is 79.6 Å². The van der Waals surface area contributed by atoms with E-state index in [1.165, 1.54) is 15.5 Å². The second kappa shape index (κ2) is 5.78. The summed E-state index contributed by atoms with van der Waals surface area (Å²) >= 11 is 3.25. The third-order valence-corrected chi connectivity index (χ3v) is 4.00. The van der Waals surface area contributed by atoms with Crippen molar-refractivity contribution >= 4 is 27.8 Å². The molecule has 2 atom stereocenters. The van der Waals surface area contributed by atoms with Gasteiger partial charge in [-0.2, -0.15) is 0 Å². The Hall–Kier alpha value is -1.63. The zero-order valence-corrected chi connectivity index (χ0v) is 12.5. The molecule has 1 amide bonds. The molecule has 0 radical (unpaired) electrons. The molecule has 1 fully saturated rings. The van der Waals surface area contributed by atoms with E-state index in [9.17, 15) is 14.4 Å². The lowest BCUT2D eigenvalue weighted by Gasteiger charge is -2.16. The molecule has 1 N–H and O–H groups in total. The van der Waals surface area contributed by atoms with E-state index < -0.39 is 11.9 Å². The van der Waals surface area contributed by atoms with Gasteiger partial charge in [-0.05, 0) is 27.9 Å². The lowest BCUT2D eigenvalue weighted by Crippen LogP contribution is -2.35. The molecule has 0 aromatic carbocycles. The van der Waals surface area contributed by atoms with E-state index >= 15 is 0 Å². The third kappa shape index (κ3) is 3.09. The predicted octanol–water partition coefficient (Wildman–Crippen LogP) is 0.790. The first-order valence-corrected chi connectivity index (χ1v) is 7.04. The molecule has 108 valence electrons. The van der Waals surface area contributed by atoms with Gasteiger partial charge in [-0.3, -0.25) is 14.4 Å². The zero-order chi connectivity index (χ0) is 14.9. The fraction of sp³-hybridized carbons (Fsp3) is 0.462. The normalized spacial score (nSPS) is 22.0. The summed E-state index contributed by atoms with van der Waals surface area (Å²) in [7, 11) is 0. The molecule has 2 heterocycles. The Morgan fingerprint density at radius 3 is 2.70 bits per heavy atom. The second-order valence-electron chi connectivity index (χ2n) is 5.03. The van der Waals surface area contributed by atoms with E-state index in [0.29, 0.717) is 11.0 Å². The number of carboxylic acids is 1. The van der Waals surface area contributed by atoms with Crippen LogP contribution in [-0.4, -0.2) is 39.5 Å². The molecular weight excluding hydrogens is 328 g/mol. The minimum absolute atomic E-state index is 0.0721. The van der Waals surface area contributed by atoms with Crippen molar-refractivity contribution in [3.05, 3.63) is 33.2 Å². The number of rotatable bonds is 3. The van der Waals surface area contributed by atoms with Gasteiger partial charge in [0.15, 0.2) is 0 Å². The molecule has 0 spiro atoms. The number of halogens is 1. The van der Waals surface area contributed by atoms with Gasteiger partial charge in [-0.15, -0.1) is 0 Å². The van der Waals surface area contributed by atoms with Crippen molar-refractivity contribution < 1.29 is 14.7 Å². The standard InChI is InChI=1S/C13H15BrN2O4/c1-8-4-15(6-10(8)13(19)20)12(18)7-16-5-9(14)2-3-11(16)17/h2-3,5,8,10H,4,6-7H2,1H3,(H,19,20). The average molecular weight is 343 g/mol. The number of carboxylic acid groups (broad SMARTS) is 1. The molecule has 6 nitrogen and oxygen atoms in total. The zero-order valence-electron chi connectivity index (χ0n) is 11.0. The third-order valence-electron chi connectivity index (χ3n) is 3.54. The summed E-state index contributed by atoms with van der Waals surface area (Å²) in [6.07, 6.45) is 1.55. The van der Waals surface area contributed by atoms with E-state index in [2.05, 4.69) is 15.9 Å². The Morgan fingerprint density at radius 2 is 2.10 bits per heavy atom. The smallest absolute Gasteiger partial charge is 0.308 e. The fourth-order valence-electron chi connectivity index (χ4n) is 2.36. The molecule has 0 saturated carbocycles. The Morgan fingerprint density at radius 1 is 1.40 bits per heavy atom. The first kappa shape index (κ1) is 14.8. The van der Waals surface area contributed by atoms with Gasteiger partial charge in [0.25, 0.3) is 5.56 Å². The number of hydrogen-bond acceptors (Lipinski definition) is 3. The average Bonchev–Trinajstić information content (AvgIpc) is 2.76. The van der Waals surface area contributed by atoms with Crippen molar-refractivity contribution in [1.29, 1.82) is 0 Å². The van der Waals surface area contributed by atoms with Crippen LogP contribution < -0.4 is 5.56 Å². The van der Waals surface area contributed by atoms with E-state index in [-0.39, 0.29) is 30.5 Å². The summed E-state index contributed by atoms with van der Waals surface area (Å²) in [6, 6.07) is 2.99. The highest BCUT2D eigenvalue weighted by molar-refractivity contribution is 9.10. The summed E-state index contributed by atoms with van der Waals surface area (Å²) in [4.78, 5) is 36.3. The predicted molar refractivity (Wildman–Crippen MR) is 75.3 cm³/mol. The monoisotopic (exact) mass is 342 g/mol. The summed E-state index contributed by atoms with van der Waals surface area (Å²) in [5.41, 5.74) is -0.261. The number of amides is 1. The Kier molecular flexibility index (Phi) is 4.27. The van der Waals surface area contributed by atoms with E-state index in [0.717, 1.165) is 0 Å². The van der Waals surface area contributed by atoms with E-state index in [1.54, 1.807) is 12.3 Å². The molecular formula is C13H15BrN2O4.